The van der Waals surface area contributed by atoms with Crippen molar-refractivity contribution in [2.75, 3.05) is 31.1 Å². The second-order valence-corrected chi connectivity index (χ2v) is 8.40. The molecule has 27 heavy (non-hydrogen) atoms. The molecule has 1 saturated heterocycles. The maximum Gasteiger partial charge on any atom is 0.226 e. The normalized spacial score (nSPS) is 16.0. The van der Waals surface area contributed by atoms with Crippen LogP contribution in [0.4, 0.5) is 5.69 Å². The van der Waals surface area contributed by atoms with Crippen molar-refractivity contribution in [2.45, 2.75) is 53.5 Å². The molecule has 5 nitrogen and oxygen atoms in total. The Bertz CT molecular complexity index is 617. The average molecular weight is 374 g/mol. The summed E-state index contributed by atoms with van der Waals surface area (Å²) in [6, 6.07) is 8.64. The third-order valence-electron chi connectivity index (χ3n) is 4.98. The molecule has 0 spiro atoms. The summed E-state index contributed by atoms with van der Waals surface area (Å²) in [5.74, 6) is 0.266. The van der Waals surface area contributed by atoms with Gasteiger partial charge in [0, 0.05) is 50.2 Å². The predicted octanol–water partition coefficient (Wildman–Crippen LogP) is 3.22. The molecule has 1 aromatic rings. The van der Waals surface area contributed by atoms with E-state index in [1.807, 2.05) is 18.7 Å². The Balaban J connectivity index is 1.95. The van der Waals surface area contributed by atoms with Crippen LogP contribution in [-0.4, -0.2) is 48.9 Å². The molecule has 1 fully saturated rings. The lowest BCUT2D eigenvalue weighted by molar-refractivity contribution is -0.139. The van der Waals surface area contributed by atoms with Gasteiger partial charge in [-0.3, -0.25) is 9.59 Å². The van der Waals surface area contributed by atoms with Gasteiger partial charge in [0.2, 0.25) is 11.8 Å². The molecule has 2 rings (SSSR count). The molecular weight excluding hydrogens is 338 g/mol. The monoisotopic (exact) mass is 373 g/mol. The van der Waals surface area contributed by atoms with Crippen LogP contribution in [0.15, 0.2) is 24.3 Å². The van der Waals surface area contributed by atoms with E-state index in [1.165, 1.54) is 11.3 Å². The molecule has 1 aliphatic rings. The van der Waals surface area contributed by atoms with Crippen LogP contribution in [0.1, 0.15) is 46.1 Å². The summed E-state index contributed by atoms with van der Waals surface area (Å²) >= 11 is 0. The van der Waals surface area contributed by atoms with Crippen LogP contribution < -0.4 is 10.2 Å². The Kier molecular flexibility index (Phi) is 7.69. The summed E-state index contributed by atoms with van der Waals surface area (Å²) in [7, 11) is 0. The SMILES string of the molecule is Cc1ccc(N2CCN(C(=O)[C@@H](CC(=O)NC(C)C)CC(C)C)CC2)cc1. The van der Waals surface area contributed by atoms with Crippen LogP contribution >= 0.6 is 0 Å². The number of nitrogens with zero attached hydrogens (tertiary/aromatic N) is 2. The van der Waals surface area contributed by atoms with Crippen molar-refractivity contribution < 1.29 is 9.59 Å². The summed E-state index contributed by atoms with van der Waals surface area (Å²) in [6.07, 6.45) is 1.04. The highest BCUT2D eigenvalue weighted by Gasteiger charge is 2.29. The van der Waals surface area contributed by atoms with Gasteiger partial charge >= 0.3 is 0 Å². The first kappa shape index (κ1) is 21.3. The van der Waals surface area contributed by atoms with Crippen LogP contribution in [0.25, 0.3) is 0 Å². The van der Waals surface area contributed by atoms with Crippen molar-refractivity contribution in [1.82, 2.24) is 10.2 Å². The number of rotatable bonds is 7. The fourth-order valence-electron chi connectivity index (χ4n) is 3.64. The van der Waals surface area contributed by atoms with E-state index < -0.39 is 0 Å². The largest absolute Gasteiger partial charge is 0.368 e. The Morgan fingerprint density at radius 2 is 1.59 bits per heavy atom. The number of anilines is 1. The number of hydrogen-bond acceptors (Lipinski definition) is 3. The molecule has 0 unspecified atom stereocenters. The first-order valence-electron chi connectivity index (χ1n) is 10.2. The fourth-order valence-corrected chi connectivity index (χ4v) is 3.64. The quantitative estimate of drug-likeness (QED) is 0.798. The Morgan fingerprint density at radius 3 is 2.11 bits per heavy atom. The molecule has 1 aromatic carbocycles. The first-order chi connectivity index (χ1) is 12.8. The number of aryl methyl sites for hydroxylation is 1. The molecule has 1 aliphatic heterocycles. The summed E-state index contributed by atoms with van der Waals surface area (Å²) in [5.41, 5.74) is 2.46. The van der Waals surface area contributed by atoms with Crippen LogP contribution in [0.5, 0.6) is 0 Å². The number of nitrogens with one attached hydrogen (secondary N) is 1. The lowest BCUT2D eigenvalue weighted by Crippen LogP contribution is -2.51. The minimum absolute atomic E-state index is 0.0257. The van der Waals surface area contributed by atoms with Gasteiger partial charge in [-0.15, -0.1) is 0 Å². The van der Waals surface area contributed by atoms with E-state index >= 15 is 0 Å². The lowest BCUT2D eigenvalue weighted by Gasteiger charge is -2.38. The van der Waals surface area contributed by atoms with Gasteiger partial charge in [-0.1, -0.05) is 31.5 Å². The van der Waals surface area contributed by atoms with Gasteiger partial charge in [0.25, 0.3) is 0 Å². The van der Waals surface area contributed by atoms with Gasteiger partial charge in [-0.2, -0.15) is 0 Å². The molecule has 0 saturated carbocycles. The van der Waals surface area contributed by atoms with Gasteiger partial charge in [0.15, 0.2) is 0 Å². The van der Waals surface area contributed by atoms with Crippen molar-refractivity contribution in [3.05, 3.63) is 29.8 Å². The van der Waals surface area contributed by atoms with Crippen LogP contribution in [0, 0.1) is 18.8 Å². The Hall–Kier alpha value is -2.04. The van der Waals surface area contributed by atoms with Gasteiger partial charge in [0.05, 0.1) is 0 Å². The summed E-state index contributed by atoms with van der Waals surface area (Å²) in [4.78, 5) is 29.5. The maximum atomic E-state index is 13.1. The maximum absolute atomic E-state index is 13.1. The predicted molar refractivity (Wildman–Crippen MR) is 111 cm³/mol. The molecule has 1 atom stereocenters. The van der Waals surface area contributed by atoms with Crippen molar-refractivity contribution in [1.29, 1.82) is 0 Å². The number of amides is 2. The van der Waals surface area contributed by atoms with Gasteiger partial charge in [-0.25, -0.2) is 0 Å². The minimum atomic E-state index is -0.227. The Morgan fingerprint density at radius 1 is 1.00 bits per heavy atom. The highest BCUT2D eigenvalue weighted by atomic mass is 16.2. The van der Waals surface area contributed by atoms with Crippen molar-refractivity contribution in [3.8, 4) is 0 Å². The first-order valence-corrected chi connectivity index (χ1v) is 10.2. The highest BCUT2D eigenvalue weighted by molar-refractivity contribution is 5.86. The van der Waals surface area contributed by atoms with E-state index in [2.05, 4.69) is 55.3 Å². The number of hydrogen-bond donors (Lipinski definition) is 1. The van der Waals surface area contributed by atoms with E-state index in [-0.39, 0.29) is 30.2 Å². The van der Waals surface area contributed by atoms with Crippen LogP contribution in [-0.2, 0) is 9.59 Å². The standard InChI is InChI=1S/C22H35N3O2/c1-16(2)14-19(15-21(26)23-17(3)4)22(27)25-12-10-24(11-13-25)20-8-6-18(5)7-9-20/h6-9,16-17,19H,10-15H2,1-5H3,(H,23,26)/t19-/m1/s1. The molecule has 2 amide bonds. The number of carbonyl (C=O) groups excluding carboxylic acids is 2. The zero-order chi connectivity index (χ0) is 20.0. The van der Waals surface area contributed by atoms with Crippen molar-refractivity contribution in [3.63, 3.8) is 0 Å². The van der Waals surface area contributed by atoms with Crippen molar-refractivity contribution in [2.24, 2.45) is 11.8 Å². The topological polar surface area (TPSA) is 52.7 Å². The number of piperazine rings is 1. The van der Waals surface area contributed by atoms with Gasteiger partial charge in [-0.05, 0) is 45.2 Å². The molecule has 0 aliphatic carbocycles. The third kappa shape index (κ3) is 6.56. The van der Waals surface area contributed by atoms with E-state index in [4.69, 9.17) is 0 Å². The molecule has 0 radical (unpaired) electrons. The second kappa shape index (κ2) is 9.77. The molecule has 150 valence electrons. The van der Waals surface area contributed by atoms with E-state index in [0.717, 1.165) is 19.5 Å². The van der Waals surface area contributed by atoms with Crippen LogP contribution in [0.2, 0.25) is 0 Å². The lowest BCUT2D eigenvalue weighted by atomic mass is 9.92. The molecule has 0 bridgehead atoms. The summed E-state index contributed by atoms with van der Waals surface area (Å²) < 4.78 is 0. The smallest absolute Gasteiger partial charge is 0.226 e. The summed E-state index contributed by atoms with van der Waals surface area (Å²) in [5, 5.41) is 2.92. The number of carbonyl (C=O) groups is 2. The summed E-state index contributed by atoms with van der Waals surface area (Å²) in [6.45, 7) is 13.3. The fraction of sp³-hybridized carbons (Fsp3) is 0.636. The average Bonchev–Trinajstić information content (AvgIpc) is 2.60. The second-order valence-electron chi connectivity index (χ2n) is 8.40. The van der Waals surface area contributed by atoms with Gasteiger partial charge in [0.1, 0.15) is 0 Å². The van der Waals surface area contributed by atoms with E-state index in [0.29, 0.717) is 19.0 Å². The third-order valence-corrected chi connectivity index (χ3v) is 4.98. The molecular formula is C22H35N3O2. The van der Waals surface area contributed by atoms with Crippen LogP contribution in [0.3, 0.4) is 0 Å². The molecule has 5 heteroatoms. The molecule has 1 heterocycles. The van der Waals surface area contributed by atoms with E-state index in [1.54, 1.807) is 0 Å². The Labute approximate surface area is 164 Å². The highest BCUT2D eigenvalue weighted by Crippen LogP contribution is 2.22. The zero-order valence-electron chi connectivity index (χ0n) is 17.5. The molecule has 0 aromatic heterocycles. The van der Waals surface area contributed by atoms with E-state index in [9.17, 15) is 9.59 Å². The van der Waals surface area contributed by atoms with Crippen molar-refractivity contribution >= 4 is 17.5 Å². The zero-order valence-corrected chi connectivity index (χ0v) is 17.5. The minimum Gasteiger partial charge on any atom is -0.368 e. The number of benzene rings is 1. The van der Waals surface area contributed by atoms with Gasteiger partial charge < -0.3 is 15.1 Å². The molecule has 1 N–H and O–H groups in total.